The first-order valence-corrected chi connectivity index (χ1v) is 6.27. The van der Waals surface area contributed by atoms with Gasteiger partial charge >= 0.3 is 0 Å². The second-order valence-corrected chi connectivity index (χ2v) is 4.44. The van der Waals surface area contributed by atoms with Crippen LogP contribution in [0.15, 0.2) is 30.2 Å². The molecule has 88 valence electrons. The molecular weight excluding hydrogens is 220 g/mol. The van der Waals surface area contributed by atoms with Gasteiger partial charge in [-0.15, -0.1) is 17.9 Å². The van der Waals surface area contributed by atoms with Gasteiger partial charge in [-0.2, -0.15) is 0 Å². The van der Waals surface area contributed by atoms with Crippen LogP contribution in [0.3, 0.4) is 0 Å². The van der Waals surface area contributed by atoms with Gasteiger partial charge in [-0.3, -0.25) is 4.79 Å². The third-order valence-electron chi connectivity index (χ3n) is 2.23. The van der Waals surface area contributed by atoms with E-state index in [2.05, 4.69) is 18.0 Å². The van der Waals surface area contributed by atoms with E-state index in [1.54, 1.807) is 17.4 Å². The van der Waals surface area contributed by atoms with Gasteiger partial charge in [-0.05, 0) is 18.4 Å². The van der Waals surface area contributed by atoms with E-state index in [1.165, 1.54) is 4.88 Å². The molecule has 1 heterocycles. The number of thiophene rings is 1. The molecular formula is C12H18N2OS. The standard InChI is InChI=1S/C12H18N2OS/c1-3-7-13-9-12(15)14(4-2)10-11-6-5-8-16-11/h3,5-6,8,13H,1,4,7,9-10H2,2H3. The van der Waals surface area contributed by atoms with Crippen LogP contribution in [0, 0.1) is 0 Å². The maximum atomic E-state index is 11.8. The molecule has 0 unspecified atom stereocenters. The molecule has 0 aliphatic rings. The van der Waals surface area contributed by atoms with Gasteiger partial charge in [0.15, 0.2) is 0 Å². The Bertz CT molecular complexity index is 322. The summed E-state index contributed by atoms with van der Waals surface area (Å²) in [5.41, 5.74) is 0. The van der Waals surface area contributed by atoms with E-state index in [0.717, 1.165) is 6.54 Å². The molecule has 0 aliphatic heterocycles. The molecule has 0 saturated heterocycles. The van der Waals surface area contributed by atoms with Crippen LogP contribution in [-0.2, 0) is 11.3 Å². The molecule has 1 aromatic heterocycles. The number of nitrogens with one attached hydrogen (secondary N) is 1. The predicted molar refractivity (Wildman–Crippen MR) is 68.5 cm³/mol. The minimum atomic E-state index is 0.137. The molecule has 0 fully saturated rings. The molecule has 0 saturated carbocycles. The van der Waals surface area contributed by atoms with Crippen LogP contribution in [0.25, 0.3) is 0 Å². The minimum absolute atomic E-state index is 0.137. The zero-order valence-electron chi connectivity index (χ0n) is 9.61. The lowest BCUT2D eigenvalue weighted by molar-refractivity contribution is -0.130. The summed E-state index contributed by atoms with van der Waals surface area (Å²) in [5.74, 6) is 0.137. The van der Waals surface area contributed by atoms with Gasteiger partial charge in [-0.1, -0.05) is 12.1 Å². The number of carbonyl (C=O) groups excluding carboxylic acids is 1. The summed E-state index contributed by atoms with van der Waals surface area (Å²) in [6.07, 6.45) is 1.75. The molecule has 0 atom stereocenters. The van der Waals surface area contributed by atoms with Crippen molar-refractivity contribution < 1.29 is 4.79 Å². The van der Waals surface area contributed by atoms with Crippen LogP contribution < -0.4 is 5.32 Å². The third-order valence-corrected chi connectivity index (χ3v) is 3.09. The number of nitrogens with zero attached hydrogens (tertiary/aromatic N) is 1. The molecule has 0 spiro atoms. The minimum Gasteiger partial charge on any atom is -0.337 e. The fourth-order valence-corrected chi connectivity index (χ4v) is 2.08. The fourth-order valence-electron chi connectivity index (χ4n) is 1.36. The van der Waals surface area contributed by atoms with Crippen molar-refractivity contribution in [1.82, 2.24) is 10.2 Å². The molecule has 1 N–H and O–H groups in total. The highest BCUT2D eigenvalue weighted by Gasteiger charge is 2.11. The van der Waals surface area contributed by atoms with Gasteiger partial charge in [0.2, 0.25) is 5.91 Å². The number of carbonyl (C=O) groups is 1. The quantitative estimate of drug-likeness (QED) is 0.581. The Morgan fingerprint density at radius 1 is 1.69 bits per heavy atom. The highest BCUT2D eigenvalue weighted by atomic mass is 32.1. The van der Waals surface area contributed by atoms with Gasteiger partial charge in [0.05, 0.1) is 13.1 Å². The van der Waals surface area contributed by atoms with Gasteiger partial charge in [0, 0.05) is 18.0 Å². The Kier molecular flexibility index (Phi) is 5.82. The van der Waals surface area contributed by atoms with Crippen LogP contribution >= 0.6 is 11.3 Å². The summed E-state index contributed by atoms with van der Waals surface area (Å²) in [4.78, 5) is 14.9. The summed E-state index contributed by atoms with van der Waals surface area (Å²) >= 11 is 1.68. The van der Waals surface area contributed by atoms with Crippen LogP contribution in [0.4, 0.5) is 0 Å². The Morgan fingerprint density at radius 3 is 3.06 bits per heavy atom. The zero-order valence-corrected chi connectivity index (χ0v) is 10.4. The average molecular weight is 238 g/mol. The molecule has 1 rings (SSSR count). The second kappa shape index (κ2) is 7.19. The first kappa shape index (κ1) is 12.9. The maximum absolute atomic E-state index is 11.8. The van der Waals surface area contributed by atoms with Crippen LogP contribution in [-0.4, -0.2) is 30.4 Å². The van der Waals surface area contributed by atoms with Gasteiger partial charge < -0.3 is 10.2 Å². The van der Waals surface area contributed by atoms with Gasteiger partial charge in [0.25, 0.3) is 0 Å². The van der Waals surface area contributed by atoms with E-state index in [9.17, 15) is 4.79 Å². The van der Waals surface area contributed by atoms with E-state index >= 15 is 0 Å². The molecule has 4 heteroatoms. The monoisotopic (exact) mass is 238 g/mol. The fraction of sp³-hybridized carbons (Fsp3) is 0.417. The largest absolute Gasteiger partial charge is 0.337 e. The SMILES string of the molecule is C=CCNCC(=O)N(CC)Cc1cccs1. The van der Waals surface area contributed by atoms with E-state index in [0.29, 0.717) is 19.6 Å². The molecule has 0 aliphatic carbocycles. The van der Waals surface area contributed by atoms with Crippen molar-refractivity contribution in [2.45, 2.75) is 13.5 Å². The first-order valence-electron chi connectivity index (χ1n) is 5.39. The Balaban J connectivity index is 2.40. The molecule has 0 bridgehead atoms. The van der Waals surface area contributed by atoms with Gasteiger partial charge in [0.1, 0.15) is 0 Å². The summed E-state index contributed by atoms with van der Waals surface area (Å²) in [7, 11) is 0. The molecule has 1 amide bonds. The smallest absolute Gasteiger partial charge is 0.236 e. The molecule has 0 radical (unpaired) electrons. The second-order valence-electron chi connectivity index (χ2n) is 3.41. The lowest BCUT2D eigenvalue weighted by Gasteiger charge is -2.20. The average Bonchev–Trinajstić information content (AvgIpc) is 2.78. The van der Waals surface area contributed by atoms with Gasteiger partial charge in [-0.25, -0.2) is 0 Å². The highest BCUT2D eigenvalue weighted by molar-refractivity contribution is 7.09. The number of likely N-dealkylation sites (N-methyl/N-ethyl adjacent to an activating group) is 1. The number of amides is 1. The normalized spacial score (nSPS) is 10.1. The number of hydrogen-bond donors (Lipinski definition) is 1. The summed E-state index contributed by atoms with van der Waals surface area (Å²) in [5, 5.41) is 5.05. The third kappa shape index (κ3) is 4.16. The van der Waals surface area contributed by atoms with Crippen LogP contribution in [0.1, 0.15) is 11.8 Å². The molecule has 16 heavy (non-hydrogen) atoms. The lowest BCUT2D eigenvalue weighted by Crippen LogP contribution is -2.37. The summed E-state index contributed by atoms with van der Waals surface area (Å²) in [6.45, 7) is 8.10. The van der Waals surface area contributed by atoms with Crippen molar-refractivity contribution in [3.05, 3.63) is 35.0 Å². The topological polar surface area (TPSA) is 32.3 Å². The predicted octanol–water partition coefficient (Wildman–Crippen LogP) is 1.87. The molecule has 0 aromatic carbocycles. The van der Waals surface area contributed by atoms with Crippen molar-refractivity contribution in [2.75, 3.05) is 19.6 Å². The van der Waals surface area contributed by atoms with Crippen molar-refractivity contribution in [3.8, 4) is 0 Å². The van der Waals surface area contributed by atoms with Crippen LogP contribution in [0.2, 0.25) is 0 Å². The van der Waals surface area contributed by atoms with E-state index in [1.807, 2.05) is 23.3 Å². The van der Waals surface area contributed by atoms with Crippen molar-refractivity contribution in [2.24, 2.45) is 0 Å². The Morgan fingerprint density at radius 2 is 2.50 bits per heavy atom. The Labute approximate surface area is 101 Å². The van der Waals surface area contributed by atoms with Crippen molar-refractivity contribution >= 4 is 17.2 Å². The van der Waals surface area contributed by atoms with Crippen molar-refractivity contribution in [3.63, 3.8) is 0 Å². The number of hydrogen-bond acceptors (Lipinski definition) is 3. The molecule has 1 aromatic rings. The highest BCUT2D eigenvalue weighted by Crippen LogP contribution is 2.11. The van der Waals surface area contributed by atoms with E-state index in [-0.39, 0.29) is 5.91 Å². The van der Waals surface area contributed by atoms with E-state index in [4.69, 9.17) is 0 Å². The van der Waals surface area contributed by atoms with E-state index < -0.39 is 0 Å². The summed E-state index contributed by atoms with van der Waals surface area (Å²) < 4.78 is 0. The molecule has 3 nitrogen and oxygen atoms in total. The number of rotatable bonds is 7. The lowest BCUT2D eigenvalue weighted by atomic mass is 10.4. The van der Waals surface area contributed by atoms with Crippen molar-refractivity contribution in [1.29, 1.82) is 0 Å². The summed E-state index contributed by atoms with van der Waals surface area (Å²) in [6, 6.07) is 4.06. The zero-order chi connectivity index (χ0) is 11.8. The Hall–Kier alpha value is -1.13. The first-order chi connectivity index (χ1) is 7.77. The maximum Gasteiger partial charge on any atom is 0.236 e. The van der Waals surface area contributed by atoms with Crippen LogP contribution in [0.5, 0.6) is 0 Å².